The van der Waals surface area contributed by atoms with Crippen molar-refractivity contribution in [1.82, 2.24) is 9.88 Å². The summed E-state index contributed by atoms with van der Waals surface area (Å²) in [5.41, 5.74) is 5.42. The monoisotopic (exact) mass is 254 g/mol. The van der Waals surface area contributed by atoms with Crippen LogP contribution in [0.5, 0.6) is 0 Å². The van der Waals surface area contributed by atoms with E-state index in [9.17, 15) is 4.79 Å². The molecule has 19 heavy (non-hydrogen) atoms. The first-order valence-electron chi connectivity index (χ1n) is 6.68. The van der Waals surface area contributed by atoms with Crippen LogP contribution in [-0.2, 0) is 13.0 Å². The standard InChI is InChI=1S/C16H18N2O/c1-11-3-4-14(12(2)9-11)16(19)18-8-6-13-10-17-7-5-15(13)18/h3-4,6,8-9,17H,5,7,10H2,1-2H3. The lowest BCUT2D eigenvalue weighted by molar-refractivity contribution is 0.0956. The smallest absolute Gasteiger partial charge is 0.262 e. The van der Waals surface area contributed by atoms with E-state index >= 15 is 0 Å². The number of carbonyl (C=O) groups is 1. The second kappa shape index (κ2) is 4.67. The molecule has 98 valence electrons. The molecule has 0 radical (unpaired) electrons. The Morgan fingerprint density at radius 1 is 1.26 bits per heavy atom. The van der Waals surface area contributed by atoms with Crippen LogP contribution in [-0.4, -0.2) is 17.0 Å². The first-order valence-corrected chi connectivity index (χ1v) is 6.68. The molecule has 0 saturated heterocycles. The van der Waals surface area contributed by atoms with Crippen molar-refractivity contribution in [3.63, 3.8) is 0 Å². The third-order valence-corrected chi connectivity index (χ3v) is 3.77. The fourth-order valence-corrected chi connectivity index (χ4v) is 2.75. The minimum absolute atomic E-state index is 0.0839. The van der Waals surface area contributed by atoms with Gasteiger partial charge in [0.15, 0.2) is 0 Å². The molecular weight excluding hydrogens is 236 g/mol. The Labute approximate surface area is 113 Å². The van der Waals surface area contributed by atoms with Gasteiger partial charge in [0.1, 0.15) is 0 Å². The lowest BCUT2D eigenvalue weighted by Crippen LogP contribution is -2.26. The summed E-state index contributed by atoms with van der Waals surface area (Å²) in [5, 5.41) is 3.33. The molecule has 1 aromatic carbocycles. The highest BCUT2D eigenvalue weighted by atomic mass is 16.2. The summed E-state index contributed by atoms with van der Waals surface area (Å²) in [6.45, 7) is 5.85. The fourth-order valence-electron chi connectivity index (χ4n) is 2.75. The normalized spacial score (nSPS) is 14.2. The lowest BCUT2D eigenvalue weighted by Gasteiger charge is -2.16. The van der Waals surface area contributed by atoms with Crippen LogP contribution in [0, 0.1) is 13.8 Å². The predicted molar refractivity (Wildman–Crippen MR) is 75.5 cm³/mol. The molecule has 3 rings (SSSR count). The summed E-state index contributed by atoms with van der Waals surface area (Å²) >= 11 is 0. The molecule has 0 bridgehead atoms. The first kappa shape index (κ1) is 12.2. The van der Waals surface area contributed by atoms with Crippen LogP contribution in [0.1, 0.15) is 32.7 Å². The minimum atomic E-state index is 0.0839. The van der Waals surface area contributed by atoms with Gasteiger partial charge in [-0.05, 0) is 37.1 Å². The molecule has 2 heterocycles. The maximum absolute atomic E-state index is 12.7. The van der Waals surface area contributed by atoms with Crippen LogP contribution in [0.3, 0.4) is 0 Å². The zero-order chi connectivity index (χ0) is 13.4. The summed E-state index contributed by atoms with van der Waals surface area (Å²) in [6.07, 6.45) is 2.82. The lowest BCUT2D eigenvalue weighted by atomic mass is 10.0. The zero-order valence-corrected chi connectivity index (χ0v) is 11.4. The largest absolute Gasteiger partial charge is 0.312 e. The molecule has 0 atom stereocenters. The number of hydrogen-bond acceptors (Lipinski definition) is 2. The topological polar surface area (TPSA) is 34.0 Å². The quantitative estimate of drug-likeness (QED) is 0.848. The highest BCUT2D eigenvalue weighted by molar-refractivity contribution is 5.98. The fraction of sp³-hybridized carbons (Fsp3) is 0.312. The highest BCUT2D eigenvalue weighted by Gasteiger charge is 2.19. The van der Waals surface area contributed by atoms with E-state index < -0.39 is 0 Å². The van der Waals surface area contributed by atoms with Crippen LogP contribution < -0.4 is 5.32 Å². The Morgan fingerprint density at radius 2 is 2.11 bits per heavy atom. The second-order valence-electron chi connectivity index (χ2n) is 5.21. The van der Waals surface area contributed by atoms with E-state index in [0.29, 0.717) is 0 Å². The van der Waals surface area contributed by atoms with E-state index in [4.69, 9.17) is 0 Å². The van der Waals surface area contributed by atoms with Gasteiger partial charge in [-0.2, -0.15) is 0 Å². The molecule has 1 aromatic heterocycles. The van der Waals surface area contributed by atoms with E-state index in [1.165, 1.54) is 11.1 Å². The molecule has 1 aliphatic rings. The van der Waals surface area contributed by atoms with E-state index in [1.54, 1.807) is 0 Å². The van der Waals surface area contributed by atoms with Crippen molar-refractivity contribution >= 4 is 5.91 Å². The maximum atomic E-state index is 12.7. The Balaban J connectivity index is 2.02. The van der Waals surface area contributed by atoms with Crippen molar-refractivity contribution < 1.29 is 4.79 Å². The number of aromatic nitrogens is 1. The molecule has 3 heteroatoms. The van der Waals surface area contributed by atoms with Gasteiger partial charge in [0, 0.05) is 37.0 Å². The molecule has 0 spiro atoms. The van der Waals surface area contributed by atoms with Gasteiger partial charge < -0.3 is 5.32 Å². The number of nitrogens with one attached hydrogen (secondary N) is 1. The van der Waals surface area contributed by atoms with Crippen molar-refractivity contribution in [2.45, 2.75) is 26.8 Å². The van der Waals surface area contributed by atoms with Crippen LogP contribution >= 0.6 is 0 Å². The molecule has 0 amide bonds. The third-order valence-electron chi connectivity index (χ3n) is 3.77. The van der Waals surface area contributed by atoms with Crippen molar-refractivity contribution in [2.75, 3.05) is 6.54 Å². The zero-order valence-electron chi connectivity index (χ0n) is 11.4. The first-order chi connectivity index (χ1) is 9.16. The van der Waals surface area contributed by atoms with Crippen molar-refractivity contribution in [3.05, 3.63) is 58.4 Å². The van der Waals surface area contributed by atoms with E-state index in [2.05, 4.69) is 11.4 Å². The average Bonchev–Trinajstić information content (AvgIpc) is 2.82. The van der Waals surface area contributed by atoms with Gasteiger partial charge in [0.2, 0.25) is 0 Å². The highest BCUT2D eigenvalue weighted by Crippen LogP contribution is 2.19. The SMILES string of the molecule is Cc1ccc(C(=O)n2ccc3c2CCNC3)c(C)c1. The Kier molecular flexibility index (Phi) is 2.99. The maximum Gasteiger partial charge on any atom is 0.262 e. The molecule has 1 aliphatic heterocycles. The van der Waals surface area contributed by atoms with Crippen LogP contribution in [0.25, 0.3) is 0 Å². The van der Waals surface area contributed by atoms with Crippen molar-refractivity contribution in [1.29, 1.82) is 0 Å². The number of hydrogen-bond donors (Lipinski definition) is 1. The number of fused-ring (bicyclic) bond motifs is 1. The van der Waals surface area contributed by atoms with Crippen LogP contribution in [0.15, 0.2) is 30.5 Å². The Morgan fingerprint density at radius 3 is 2.89 bits per heavy atom. The van der Waals surface area contributed by atoms with Gasteiger partial charge in [-0.3, -0.25) is 9.36 Å². The Bertz CT molecular complexity index is 640. The molecular formula is C16H18N2O. The van der Waals surface area contributed by atoms with Gasteiger partial charge in [-0.15, -0.1) is 0 Å². The van der Waals surface area contributed by atoms with Crippen LogP contribution in [0.4, 0.5) is 0 Å². The van der Waals surface area contributed by atoms with E-state index in [1.807, 2.05) is 42.8 Å². The van der Waals surface area contributed by atoms with Gasteiger partial charge in [-0.25, -0.2) is 0 Å². The van der Waals surface area contributed by atoms with Crippen molar-refractivity contribution in [3.8, 4) is 0 Å². The molecule has 0 fully saturated rings. The van der Waals surface area contributed by atoms with Crippen molar-refractivity contribution in [2.24, 2.45) is 0 Å². The van der Waals surface area contributed by atoms with Gasteiger partial charge in [0.05, 0.1) is 0 Å². The summed E-state index contributed by atoms with van der Waals surface area (Å²) in [6, 6.07) is 8.03. The minimum Gasteiger partial charge on any atom is -0.312 e. The Hall–Kier alpha value is -1.87. The summed E-state index contributed by atoms with van der Waals surface area (Å²) in [7, 11) is 0. The summed E-state index contributed by atoms with van der Waals surface area (Å²) in [4.78, 5) is 12.7. The van der Waals surface area contributed by atoms with Gasteiger partial charge >= 0.3 is 0 Å². The summed E-state index contributed by atoms with van der Waals surface area (Å²) < 4.78 is 1.81. The molecule has 1 N–H and O–H groups in total. The van der Waals surface area contributed by atoms with Gasteiger partial charge in [-0.1, -0.05) is 17.7 Å². The second-order valence-corrected chi connectivity index (χ2v) is 5.21. The summed E-state index contributed by atoms with van der Waals surface area (Å²) in [5.74, 6) is 0.0839. The van der Waals surface area contributed by atoms with Gasteiger partial charge in [0.25, 0.3) is 5.91 Å². The van der Waals surface area contributed by atoms with E-state index in [-0.39, 0.29) is 5.91 Å². The number of benzene rings is 1. The number of aryl methyl sites for hydroxylation is 2. The van der Waals surface area contributed by atoms with E-state index in [0.717, 1.165) is 36.3 Å². The van der Waals surface area contributed by atoms with Crippen LogP contribution in [0.2, 0.25) is 0 Å². The average molecular weight is 254 g/mol. The molecule has 0 saturated carbocycles. The molecule has 3 nitrogen and oxygen atoms in total. The number of nitrogens with zero attached hydrogens (tertiary/aromatic N) is 1. The molecule has 0 unspecified atom stereocenters. The molecule has 0 aliphatic carbocycles. The number of rotatable bonds is 1. The number of carbonyl (C=O) groups excluding carboxylic acids is 1. The predicted octanol–water partition coefficient (Wildman–Crippen LogP) is 2.44. The molecule has 2 aromatic rings. The third kappa shape index (κ3) is 2.10.